The number of sulfone groups is 1. The number of ether oxygens (including phenoxy) is 1. The molecule has 0 spiro atoms. The average molecular weight is 325 g/mol. The fourth-order valence-electron chi connectivity index (χ4n) is 2.62. The van der Waals surface area contributed by atoms with E-state index in [0.717, 1.165) is 11.3 Å². The van der Waals surface area contributed by atoms with Crippen molar-refractivity contribution < 1.29 is 17.9 Å². The molecule has 1 aliphatic rings. The summed E-state index contributed by atoms with van der Waals surface area (Å²) in [5.41, 5.74) is 1.45. The molecule has 2 rings (SSSR count). The molecule has 1 aliphatic heterocycles. The summed E-state index contributed by atoms with van der Waals surface area (Å²) in [5.74, 6) is 0.831. The van der Waals surface area contributed by atoms with Gasteiger partial charge in [-0.25, -0.2) is 8.42 Å². The Labute approximate surface area is 132 Å². The van der Waals surface area contributed by atoms with Crippen LogP contribution in [0.5, 0.6) is 5.75 Å². The van der Waals surface area contributed by atoms with Crippen molar-refractivity contribution in [2.45, 2.75) is 39.3 Å². The normalized spacial score (nSPS) is 20.1. The van der Waals surface area contributed by atoms with E-state index in [4.69, 9.17) is 4.74 Å². The van der Waals surface area contributed by atoms with Crippen LogP contribution in [-0.2, 0) is 9.84 Å². The molecular formula is C16H23NO4S. The van der Waals surface area contributed by atoms with Crippen molar-refractivity contribution in [2.24, 2.45) is 0 Å². The molecule has 0 radical (unpaired) electrons. The van der Waals surface area contributed by atoms with Gasteiger partial charge in [-0.1, -0.05) is 0 Å². The standard InChI is InChI=1S/C16H23NO4S/c1-11(2)21-15-6-5-13(9-12(15)3)16(18)17(4)14-7-8-22(19,20)10-14/h5-6,9,11,14H,7-8,10H2,1-4H3. The first-order valence-corrected chi connectivity index (χ1v) is 9.26. The molecular weight excluding hydrogens is 302 g/mol. The molecule has 1 amide bonds. The highest BCUT2D eigenvalue weighted by molar-refractivity contribution is 7.91. The van der Waals surface area contributed by atoms with Crippen LogP contribution < -0.4 is 4.74 Å². The first-order chi connectivity index (χ1) is 10.2. The number of aryl methyl sites for hydroxylation is 1. The number of hydrogen-bond donors (Lipinski definition) is 0. The van der Waals surface area contributed by atoms with Crippen molar-refractivity contribution in [3.63, 3.8) is 0 Å². The molecule has 1 fully saturated rings. The number of carbonyl (C=O) groups excluding carboxylic acids is 1. The summed E-state index contributed by atoms with van der Waals surface area (Å²) in [4.78, 5) is 14.1. The lowest BCUT2D eigenvalue weighted by Gasteiger charge is -2.24. The molecule has 0 saturated carbocycles. The quantitative estimate of drug-likeness (QED) is 0.850. The Hall–Kier alpha value is -1.56. The Bertz CT molecular complexity index is 667. The van der Waals surface area contributed by atoms with Gasteiger partial charge < -0.3 is 9.64 Å². The first-order valence-electron chi connectivity index (χ1n) is 7.44. The number of nitrogens with zero attached hydrogens (tertiary/aromatic N) is 1. The van der Waals surface area contributed by atoms with E-state index in [9.17, 15) is 13.2 Å². The largest absolute Gasteiger partial charge is 0.491 e. The smallest absolute Gasteiger partial charge is 0.253 e. The van der Waals surface area contributed by atoms with E-state index in [1.54, 1.807) is 30.1 Å². The van der Waals surface area contributed by atoms with E-state index in [-0.39, 0.29) is 29.6 Å². The zero-order valence-corrected chi connectivity index (χ0v) is 14.3. The number of hydrogen-bond acceptors (Lipinski definition) is 4. The molecule has 0 aliphatic carbocycles. The molecule has 5 nitrogen and oxygen atoms in total. The van der Waals surface area contributed by atoms with Crippen LogP contribution in [0.2, 0.25) is 0 Å². The molecule has 0 N–H and O–H groups in total. The maximum absolute atomic E-state index is 12.5. The van der Waals surface area contributed by atoms with Crippen molar-refractivity contribution in [3.05, 3.63) is 29.3 Å². The van der Waals surface area contributed by atoms with Crippen molar-refractivity contribution in [1.29, 1.82) is 0 Å². The highest BCUT2D eigenvalue weighted by Gasteiger charge is 2.33. The summed E-state index contributed by atoms with van der Waals surface area (Å²) in [5, 5.41) is 0. The molecule has 1 atom stereocenters. The Morgan fingerprint density at radius 2 is 2.05 bits per heavy atom. The third-order valence-corrected chi connectivity index (χ3v) is 5.61. The van der Waals surface area contributed by atoms with Crippen molar-refractivity contribution in [3.8, 4) is 5.75 Å². The minimum absolute atomic E-state index is 0.0583. The van der Waals surface area contributed by atoms with E-state index >= 15 is 0 Å². The highest BCUT2D eigenvalue weighted by atomic mass is 32.2. The van der Waals surface area contributed by atoms with E-state index < -0.39 is 9.84 Å². The van der Waals surface area contributed by atoms with E-state index in [1.165, 1.54) is 0 Å². The van der Waals surface area contributed by atoms with Crippen LogP contribution in [0, 0.1) is 6.92 Å². The molecule has 6 heteroatoms. The SMILES string of the molecule is Cc1cc(C(=O)N(C)C2CCS(=O)(=O)C2)ccc1OC(C)C. The Balaban J connectivity index is 2.14. The van der Waals surface area contributed by atoms with Crippen LogP contribution in [0.1, 0.15) is 36.2 Å². The first kappa shape index (κ1) is 16.8. The summed E-state index contributed by atoms with van der Waals surface area (Å²) in [6, 6.07) is 5.08. The Morgan fingerprint density at radius 3 is 2.55 bits per heavy atom. The third kappa shape index (κ3) is 3.80. The van der Waals surface area contributed by atoms with Gasteiger partial charge in [-0.3, -0.25) is 4.79 Å². The minimum Gasteiger partial charge on any atom is -0.491 e. The zero-order valence-electron chi connectivity index (χ0n) is 13.5. The Morgan fingerprint density at radius 1 is 1.36 bits per heavy atom. The lowest BCUT2D eigenvalue weighted by Crippen LogP contribution is -2.37. The molecule has 1 heterocycles. The topological polar surface area (TPSA) is 63.7 Å². The maximum atomic E-state index is 12.5. The summed E-state index contributed by atoms with van der Waals surface area (Å²) in [6.45, 7) is 5.80. The van der Waals surface area contributed by atoms with E-state index in [1.807, 2.05) is 20.8 Å². The highest BCUT2D eigenvalue weighted by Crippen LogP contribution is 2.23. The molecule has 1 aromatic rings. The lowest BCUT2D eigenvalue weighted by atomic mass is 10.1. The maximum Gasteiger partial charge on any atom is 0.253 e. The van der Waals surface area contributed by atoms with Gasteiger partial charge in [-0.2, -0.15) is 0 Å². The van der Waals surface area contributed by atoms with Gasteiger partial charge in [-0.15, -0.1) is 0 Å². The second-order valence-corrected chi connectivity index (χ2v) is 8.35. The summed E-state index contributed by atoms with van der Waals surface area (Å²) in [7, 11) is -1.33. The van der Waals surface area contributed by atoms with Gasteiger partial charge in [0.1, 0.15) is 5.75 Å². The number of carbonyl (C=O) groups is 1. The van der Waals surface area contributed by atoms with Crippen LogP contribution in [0.25, 0.3) is 0 Å². The molecule has 0 bridgehead atoms. The summed E-state index contributed by atoms with van der Waals surface area (Å²) in [6.07, 6.45) is 0.588. The van der Waals surface area contributed by atoms with Crippen molar-refractivity contribution >= 4 is 15.7 Å². The van der Waals surface area contributed by atoms with Gasteiger partial charge in [0.05, 0.1) is 17.6 Å². The van der Waals surface area contributed by atoms with Crippen LogP contribution in [0.4, 0.5) is 0 Å². The number of rotatable bonds is 4. The molecule has 1 aromatic carbocycles. The minimum atomic E-state index is -3.00. The van der Waals surface area contributed by atoms with Gasteiger partial charge in [0.2, 0.25) is 0 Å². The molecule has 1 saturated heterocycles. The summed E-state index contributed by atoms with van der Waals surface area (Å²) >= 11 is 0. The average Bonchev–Trinajstić information content (AvgIpc) is 2.79. The molecule has 122 valence electrons. The van der Waals surface area contributed by atoms with Gasteiger partial charge >= 0.3 is 0 Å². The van der Waals surface area contributed by atoms with Crippen molar-refractivity contribution in [1.82, 2.24) is 4.90 Å². The summed E-state index contributed by atoms with van der Waals surface area (Å²) < 4.78 is 28.8. The van der Waals surface area contributed by atoms with Crippen LogP contribution in [-0.4, -0.2) is 49.9 Å². The second-order valence-electron chi connectivity index (χ2n) is 6.12. The van der Waals surface area contributed by atoms with Crippen LogP contribution in [0.15, 0.2) is 18.2 Å². The molecule has 0 aromatic heterocycles. The van der Waals surface area contributed by atoms with Crippen molar-refractivity contribution in [2.75, 3.05) is 18.6 Å². The van der Waals surface area contributed by atoms with Crippen LogP contribution >= 0.6 is 0 Å². The van der Waals surface area contributed by atoms with Gasteiger partial charge in [-0.05, 0) is 51.0 Å². The Kier molecular flexibility index (Phi) is 4.80. The lowest BCUT2D eigenvalue weighted by molar-refractivity contribution is 0.0747. The number of amides is 1. The predicted molar refractivity (Wildman–Crippen MR) is 86.1 cm³/mol. The van der Waals surface area contributed by atoms with Gasteiger partial charge in [0.25, 0.3) is 5.91 Å². The van der Waals surface area contributed by atoms with Gasteiger partial charge in [0, 0.05) is 18.7 Å². The predicted octanol–water partition coefficient (Wildman–Crippen LogP) is 2.04. The third-order valence-electron chi connectivity index (χ3n) is 3.86. The van der Waals surface area contributed by atoms with Gasteiger partial charge in [0.15, 0.2) is 9.84 Å². The molecule has 22 heavy (non-hydrogen) atoms. The number of benzene rings is 1. The van der Waals surface area contributed by atoms with E-state index in [2.05, 4.69) is 0 Å². The second kappa shape index (κ2) is 6.28. The monoisotopic (exact) mass is 325 g/mol. The molecule has 1 unspecified atom stereocenters. The van der Waals surface area contributed by atoms with Crippen LogP contribution in [0.3, 0.4) is 0 Å². The zero-order chi connectivity index (χ0) is 16.5. The fraction of sp³-hybridized carbons (Fsp3) is 0.562. The fourth-order valence-corrected chi connectivity index (χ4v) is 4.39. The van der Waals surface area contributed by atoms with E-state index in [0.29, 0.717) is 12.0 Å².